The van der Waals surface area contributed by atoms with Gasteiger partial charge in [-0.05, 0) is 50.3 Å². The molecule has 30 heavy (non-hydrogen) atoms. The number of imide groups is 1. The molecule has 0 saturated heterocycles. The molecule has 1 fully saturated rings. The number of nitrogens with zero attached hydrogens (tertiary/aromatic N) is 1. The fraction of sp³-hybridized carbons (Fsp3) is 0.409. The molecule has 1 saturated carbocycles. The van der Waals surface area contributed by atoms with E-state index in [4.69, 9.17) is 9.47 Å². The summed E-state index contributed by atoms with van der Waals surface area (Å²) in [6.07, 6.45) is 4.26. The number of amides is 2. The van der Waals surface area contributed by atoms with E-state index in [1.54, 1.807) is 19.1 Å². The van der Waals surface area contributed by atoms with Crippen molar-refractivity contribution in [2.75, 3.05) is 13.2 Å². The molecule has 0 bridgehead atoms. The van der Waals surface area contributed by atoms with E-state index in [1.165, 1.54) is 12.1 Å². The number of esters is 2. The Kier molecular flexibility index (Phi) is 5.01. The predicted molar refractivity (Wildman–Crippen MR) is 102 cm³/mol. The Balaban J connectivity index is 1.39. The maximum atomic E-state index is 12.6. The van der Waals surface area contributed by atoms with E-state index in [2.05, 4.69) is 0 Å². The summed E-state index contributed by atoms with van der Waals surface area (Å²) >= 11 is 0. The number of rotatable bonds is 5. The molecule has 0 aromatic heterocycles. The highest BCUT2D eigenvalue weighted by molar-refractivity contribution is 6.22. The summed E-state index contributed by atoms with van der Waals surface area (Å²) in [4.78, 5) is 62.4. The predicted octanol–water partition coefficient (Wildman–Crippen LogP) is 1.97. The number of fused-ring (bicyclic) bond motifs is 1. The molecule has 1 spiro atoms. The van der Waals surface area contributed by atoms with Crippen LogP contribution in [0.3, 0.4) is 0 Å². The molecule has 0 N–H and O–H groups in total. The third-order valence-corrected chi connectivity index (χ3v) is 6.02. The maximum Gasteiger partial charge on any atom is 0.342 e. The number of carbonyl (C=O) groups excluding carboxylic acids is 5. The van der Waals surface area contributed by atoms with Crippen molar-refractivity contribution in [2.24, 2.45) is 0 Å². The van der Waals surface area contributed by atoms with Crippen LogP contribution in [0, 0.1) is 0 Å². The molecule has 8 nitrogen and oxygen atoms in total. The van der Waals surface area contributed by atoms with E-state index in [9.17, 15) is 24.0 Å². The quantitative estimate of drug-likeness (QED) is 0.414. The lowest BCUT2D eigenvalue weighted by molar-refractivity contribution is -0.152. The molecule has 4 rings (SSSR count). The molecule has 2 heterocycles. The fourth-order valence-electron chi connectivity index (χ4n) is 4.38. The average molecular weight is 411 g/mol. The molecule has 1 aromatic carbocycles. The van der Waals surface area contributed by atoms with Gasteiger partial charge in [0.1, 0.15) is 17.7 Å². The van der Waals surface area contributed by atoms with E-state index in [0.29, 0.717) is 18.4 Å². The Bertz CT molecular complexity index is 965. The molecular formula is C22H21NO7. The van der Waals surface area contributed by atoms with Crippen molar-refractivity contribution in [3.05, 3.63) is 46.5 Å². The molecule has 2 aliphatic heterocycles. The van der Waals surface area contributed by atoms with Gasteiger partial charge in [-0.25, -0.2) is 4.79 Å². The molecule has 8 heteroatoms. The standard InChI is InChI=1S/C22H21NO7/c1-13-18(21(28)30-22(13)9-5-2-6-10-22)16(24)12-29-17(25)11-23-19(26)14-7-3-4-8-15(14)20(23)27/h3-4,7-8H,2,5-6,9-12H2,1H3. The van der Waals surface area contributed by atoms with Crippen molar-refractivity contribution in [3.63, 3.8) is 0 Å². The minimum absolute atomic E-state index is 0.0644. The zero-order chi connectivity index (χ0) is 21.5. The molecule has 0 atom stereocenters. The van der Waals surface area contributed by atoms with Crippen LogP contribution in [0.1, 0.15) is 59.7 Å². The zero-order valence-corrected chi connectivity index (χ0v) is 16.6. The van der Waals surface area contributed by atoms with Gasteiger partial charge in [0.15, 0.2) is 6.61 Å². The number of hydrogen-bond donors (Lipinski definition) is 0. The van der Waals surface area contributed by atoms with E-state index in [0.717, 1.165) is 24.2 Å². The zero-order valence-electron chi connectivity index (χ0n) is 16.6. The van der Waals surface area contributed by atoms with Gasteiger partial charge in [0.05, 0.1) is 11.1 Å². The molecule has 0 radical (unpaired) electrons. The highest BCUT2D eigenvalue weighted by Gasteiger charge is 2.47. The van der Waals surface area contributed by atoms with Crippen LogP contribution in [-0.2, 0) is 23.9 Å². The molecule has 1 aliphatic carbocycles. The Morgan fingerprint density at radius 1 is 1.03 bits per heavy atom. The third-order valence-electron chi connectivity index (χ3n) is 6.02. The largest absolute Gasteiger partial charge is 0.456 e. The van der Waals surface area contributed by atoms with E-state index >= 15 is 0 Å². The van der Waals surface area contributed by atoms with Crippen molar-refractivity contribution >= 4 is 29.5 Å². The first-order chi connectivity index (χ1) is 14.3. The normalized spacial score (nSPS) is 19.9. The van der Waals surface area contributed by atoms with Crippen molar-refractivity contribution in [1.29, 1.82) is 0 Å². The lowest BCUT2D eigenvalue weighted by Crippen LogP contribution is -2.36. The Labute approximate surface area is 172 Å². The van der Waals surface area contributed by atoms with Gasteiger partial charge in [-0.3, -0.25) is 24.1 Å². The van der Waals surface area contributed by atoms with Crippen LogP contribution < -0.4 is 0 Å². The molecular weight excluding hydrogens is 390 g/mol. The van der Waals surface area contributed by atoms with Gasteiger partial charge < -0.3 is 9.47 Å². The van der Waals surface area contributed by atoms with Crippen LogP contribution in [0.5, 0.6) is 0 Å². The third kappa shape index (κ3) is 3.22. The minimum atomic E-state index is -0.908. The first kappa shape index (κ1) is 20.0. The molecule has 1 aromatic rings. The highest BCUT2D eigenvalue weighted by Crippen LogP contribution is 2.43. The average Bonchev–Trinajstić information content (AvgIpc) is 3.12. The Morgan fingerprint density at radius 2 is 1.63 bits per heavy atom. The second-order valence-corrected chi connectivity index (χ2v) is 7.77. The number of carbonyl (C=O) groups is 5. The summed E-state index contributed by atoms with van der Waals surface area (Å²) in [6.45, 7) is 0.454. The van der Waals surface area contributed by atoms with Gasteiger partial charge in [-0.1, -0.05) is 18.6 Å². The summed E-state index contributed by atoms with van der Waals surface area (Å²) in [5.41, 5.74) is 0.251. The van der Waals surface area contributed by atoms with E-state index in [1.807, 2.05) is 0 Å². The van der Waals surface area contributed by atoms with Gasteiger partial charge in [0, 0.05) is 0 Å². The van der Waals surface area contributed by atoms with Crippen LogP contribution in [0.25, 0.3) is 0 Å². The van der Waals surface area contributed by atoms with Gasteiger partial charge in [-0.2, -0.15) is 0 Å². The molecule has 0 unspecified atom stereocenters. The van der Waals surface area contributed by atoms with Crippen molar-refractivity contribution in [2.45, 2.75) is 44.6 Å². The Hall–Kier alpha value is -3.29. The van der Waals surface area contributed by atoms with Gasteiger partial charge >= 0.3 is 11.9 Å². The maximum absolute atomic E-state index is 12.6. The monoisotopic (exact) mass is 411 g/mol. The lowest BCUT2D eigenvalue weighted by Gasteiger charge is -2.33. The van der Waals surface area contributed by atoms with Crippen LogP contribution in [-0.4, -0.2) is 53.2 Å². The SMILES string of the molecule is CC1=C(C(=O)COC(=O)CN2C(=O)c3ccccc3C2=O)C(=O)OC12CCCCC2. The number of ether oxygens (including phenoxy) is 2. The first-order valence-corrected chi connectivity index (χ1v) is 9.93. The Morgan fingerprint density at radius 3 is 2.23 bits per heavy atom. The number of benzene rings is 1. The molecule has 156 valence electrons. The van der Waals surface area contributed by atoms with Crippen LogP contribution >= 0.6 is 0 Å². The van der Waals surface area contributed by atoms with Crippen molar-refractivity contribution < 1.29 is 33.4 Å². The van der Waals surface area contributed by atoms with Crippen molar-refractivity contribution in [1.82, 2.24) is 4.90 Å². The lowest BCUT2D eigenvalue weighted by atomic mass is 9.79. The molecule has 2 amide bonds. The summed E-state index contributed by atoms with van der Waals surface area (Å²) in [6, 6.07) is 6.26. The summed E-state index contributed by atoms with van der Waals surface area (Å²) in [5, 5.41) is 0. The van der Waals surface area contributed by atoms with Crippen LogP contribution in [0.15, 0.2) is 35.4 Å². The molecule has 3 aliphatic rings. The smallest absolute Gasteiger partial charge is 0.342 e. The summed E-state index contributed by atoms with van der Waals surface area (Å²) in [5.74, 6) is -3.41. The van der Waals surface area contributed by atoms with E-state index < -0.39 is 48.3 Å². The highest BCUT2D eigenvalue weighted by atomic mass is 16.6. The van der Waals surface area contributed by atoms with Gasteiger partial charge in [-0.15, -0.1) is 0 Å². The van der Waals surface area contributed by atoms with E-state index in [-0.39, 0.29) is 16.7 Å². The number of hydrogen-bond acceptors (Lipinski definition) is 7. The minimum Gasteiger partial charge on any atom is -0.456 e. The number of Topliss-reactive ketones (excluding diaryl/α,β-unsaturated/α-hetero) is 1. The second kappa shape index (κ2) is 7.51. The van der Waals surface area contributed by atoms with Gasteiger partial charge in [0.25, 0.3) is 11.8 Å². The first-order valence-electron chi connectivity index (χ1n) is 9.93. The van der Waals surface area contributed by atoms with Crippen LogP contribution in [0.4, 0.5) is 0 Å². The summed E-state index contributed by atoms with van der Waals surface area (Å²) in [7, 11) is 0. The fourth-order valence-corrected chi connectivity index (χ4v) is 4.38. The van der Waals surface area contributed by atoms with Gasteiger partial charge in [0.2, 0.25) is 5.78 Å². The summed E-state index contributed by atoms with van der Waals surface area (Å²) < 4.78 is 10.5. The van der Waals surface area contributed by atoms with Crippen molar-refractivity contribution in [3.8, 4) is 0 Å². The topological polar surface area (TPSA) is 107 Å². The second-order valence-electron chi connectivity index (χ2n) is 7.77. The van der Waals surface area contributed by atoms with Crippen LogP contribution in [0.2, 0.25) is 0 Å². The number of ketones is 1.